The lowest BCUT2D eigenvalue weighted by Gasteiger charge is -2.13. The summed E-state index contributed by atoms with van der Waals surface area (Å²) in [4.78, 5) is 0. The molecule has 0 radical (unpaired) electrons. The zero-order valence-corrected chi connectivity index (χ0v) is 10.1. The van der Waals surface area contributed by atoms with Crippen LogP contribution in [0.15, 0.2) is 23.8 Å². The predicted molar refractivity (Wildman–Crippen MR) is 63.4 cm³/mol. The Hall–Kier alpha value is -2.60. The van der Waals surface area contributed by atoms with E-state index in [9.17, 15) is 8.78 Å². The van der Waals surface area contributed by atoms with Crippen molar-refractivity contribution in [3.63, 3.8) is 0 Å². The minimum atomic E-state index is -3.03. The highest BCUT2D eigenvalue weighted by Crippen LogP contribution is 2.34. The highest BCUT2D eigenvalue weighted by atomic mass is 19.3. The van der Waals surface area contributed by atoms with Crippen LogP contribution < -0.4 is 9.47 Å². The Kier molecular flexibility index (Phi) is 5.31. The lowest BCUT2D eigenvalue weighted by molar-refractivity contribution is -0.0515. The molecule has 0 unspecified atom stereocenters. The van der Waals surface area contributed by atoms with Gasteiger partial charge in [0.15, 0.2) is 11.5 Å². The molecular formula is C13H10F2N2O2. The lowest BCUT2D eigenvalue weighted by atomic mass is 10.1. The molecule has 0 saturated heterocycles. The summed E-state index contributed by atoms with van der Waals surface area (Å²) >= 11 is 0. The molecule has 0 fully saturated rings. The smallest absolute Gasteiger partial charge is 0.387 e. The van der Waals surface area contributed by atoms with Gasteiger partial charge in [0, 0.05) is 5.56 Å². The van der Waals surface area contributed by atoms with Gasteiger partial charge in [0.2, 0.25) is 0 Å². The topological polar surface area (TPSA) is 66.0 Å². The van der Waals surface area contributed by atoms with Crippen molar-refractivity contribution < 1.29 is 18.3 Å². The highest BCUT2D eigenvalue weighted by Gasteiger charge is 2.15. The van der Waals surface area contributed by atoms with Gasteiger partial charge in [-0.15, -0.1) is 0 Å². The van der Waals surface area contributed by atoms with Crippen molar-refractivity contribution in [1.29, 1.82) is 10.5 Å². The molecule has 0 bridgehead atoms. The van der Waals surface area contributed by atoms with Crippen LogP contribution in [0, 0.1) is 22.7 Å². The molecule has 0 amide bonds. The molecule has 19 heavy (non-hydrogen) atoms. The van der Waals surface area contributed by atoms with Gasteiger partial charge >= 0.3 is 6.61 Å². The molecule has 0 heterocycles. The van der Waals surface area contributed by atoms with E-state index in [0.29, 0.717) is 0 Å². The number of para-hydroxylation sites is 1. The molecule has 0 aliphatic carbocycles. The fourth-order valence-corrected chi connectivity index (χ4v) is 1.38. The second kappa shape index (κ2) is 6.97. The first-order valence-electron chi connectivity index (χ1n) is 5.34. The molecule has 0 aliphatic rings. The number of allylic oxidation sites excluding steroid dienone is 1. The Morgan fingerprint density at radius 3 is 2.58 bits per heavy atom. The molecule has 1 aromatic rings. The summed E-state index contributed by atoms with van der Waals surface area (Å²) in [6.07, 6.45) is 1.17. The first kappa shape index (κ1) is 14.5. The third kappa shape index (κ3) is 3.97. The van der Waals surface area contributed by atoms with Crippen molar-refractivity contribution >= 4 is 6.08 Å². The maximum absolute atomic E-state index is 12.4. The minimum absolute atomic E-state index is 0.131. The Labute approximate surface area is 109 Å². The summed E-state index contributed by atoms with van der Waals surface area (Å²) in [7, 11) is 0. The van der Waals surface area contributed by atoms with Crippen LogP contribution in [0.3, 0.4) is 0 Å². The molecule has 0 aromatic heterocycles. The van der Waals surface area contributed by atoms with E-state index < -0.39 is 6.61 Å². The Bertz CT molecular complexity index is 541. The van der Waals surface area contributed by atoms with Crippen LogP contribution in [-0.2, 0) is 0 Å². The van der Waals surface area contributed by atoms with E-state index in [1.807, 2.05) is 0 Å². The quantitative estimate of drug-likeness (QED) is 0.766. The Balaban J connectivity index is 3.31. The normalized spacial score (nSPS) is 9.37. The minimum Gasteiger partial charge on any atom is -0.490 e. The van der Waals surface area contributed by atoms with E-state index in [0.717, 1.165) is 0 Å². The highest BCUT2D eigenvalue weighted by molar-refractivity contribution is 5.69. The molecular weight excluding hydrogens is 254 g/mol. The first-order valence-corrected chi connectivity index (χ1v) is 5.34. The molecule has 0 spiro atoms. The number of hydrogen-bond donors (Lipinski definition) is 0. The van der Waals surface area contributed by atoms with Gasteiger partial charge in [-0.1, -0.05) is 12.1 Å². The zero-order chi connectivity index (χ0) is 14.3. The molecule has 0 aliphatic heterocycles. The van der Waals surface area contributed by atoms with Gasteiger partial charge in [-0.25, -0.2) is 0 Å². The van der Waals surface area contributed by atoms with Crippen LogP contribution in [0.1, 0.15) is 12.5 Å². The number of halogens is 2. The molecule has 4 nitrogen and oxygen atoms in total. The molecule has 6 heteroatoms. The largest absolute Gasteiger partial charge is 0.490 e. The van der Waals surface area contributed by atoms with Gasteiger partial charge in [-0.3, -0.25) is 0 Å². The van der Waals surface area contributed by atoms with Crippen LogP contribution in [-0.4, -0.2) is 13.2 Å². The number of rotatable bonds is 5. The van der Waals surface area contributed by atoms with Crippen LogP contribution in [0.4, 0.5) is 8.78 Å². The fraction of sp³-hybridized carbons (Fsp3) is 0.231. The second-order valence-corrected chi connectivity index (χ2v) is 3.27. The van der Waals surface area contributed by atoms with Gasteiger partial charge in [0.25, 0.3) is 0 Å². The maximum Gasteiger partial charge on any atom is 0.387 e. The van der Waals surface area contributed by atoms with Crippen molar-refractivity contribution in [2.75, 3.05) is 6.61 Å². The van der Waals surface area contributed by atoms with E-state index in [1.165, 1.54) is 18.2 Å². The van der Waals surface area contributed by atoms with E-state index in [4.69, 9.17) is 15.3 Å². The molecule has 0 N–H and O–H groups in total. The lowest BCUT2D eigenvalue weighted by Crippen LogP contribution is -2.06. The summed E-state index contributed by atoms with van der Waals surface area (Å²) in [6, 6.07) is 7.78. The SMILES string of the molecule is CCOc1cccc(C=C(C#N)C#N)c1OC(F)F. The van der Waals surface area contributed by atoms with Crippen molar-refractivity contribution in [2.45, 2.75) is 13.5 Å². The zero-order valence-electron chi connectivity index (χ0n) is 10.1. The third-order valence-electron chi connectivity index (χ3n) is 2.06. The molecule has 1 aromatic carbocycles. The number of ether oxygens (including phenoxy) is 2. The summed E-state index contributed by atoms with van der Waals surface area (Å²) in [5, 5.41) is 17.3. The van der Waals surface area contributed by atoms with Crippen molar-refractivity contribution in [3.8, 4) is 23.6 Å². The Morgan fingerprint density at radius 1 is 1.37 bits per heavy atom. The van der Waals surface area contributed by atoms with Gasteiger partial charge < -0.3 is 9.47 Å². The average molecular weight is 264 g/mol. The van der Waals surface area contributed by atoms with Crippen LogP contribution in [0.2, 0.25) is 0 Å². The monoisotopic (exact) mass is 264 g/mol. The third-order valence-corrected chi connectivity index (χ3v) is 2.06. The summed E-state index contributed by atoms with van der Waals surface area (Å²) < 4.78 is 34.4. The van der Waals surface area contributed by atoms with Crippen molar-refractivity contribution in [2.24, 2.45) is 0 Å². The van der Waals surface area contributed by atoms with E-state index in [-0.39, 0.29) is 29.2 Å². The van der Waals surface area contributed by atoms with Crippen LogP contribution >= 0.6 is 0 Å². The summed E-state index contributed by atoms with van der Waals surface area (Å²) in [6.45, 7) is -1.05. The summed E-state index contributed by atoms with van der Waals surface area (Å²) in [5.41, 5.74) is -0.0304. The van der Waals surface area contributed by atoms with Gasteiger partial charge in [0.05, 0.1) is 6.61 Å². The summed E-state index contributed by atoms with van der Waals surface area (Å²) in [5.74, 6) is -0.0610. The van der Waals surface area contributed by atoms with Crippen LogP contribution in [0.25, 0.3) is 6.08 Å². The van der Waals surface area contributed by atoms with E-state index in [1.54, 1.807) is 25.1 Å². The predicted octanol–water partition coefficient (Wildman–Crippen LogP) is 3.12. The second-order valence-electron chi connectivity index (χ2n) is 3.27. The number of benzene rings is 1. The first-order chi connectivity index (χ1) is 9.12. The van der Waals surface area contributed by atoms with Gasteiger partial charge in [-0.05, 0) is 19.1 Å². The molecule has 0 saturated carbocycles. The Morgan fingerprint density at radius 2 is 2.05 bits per heavy atom. The van der Waals surface area contributed by atoms with E-state index in [2.05, 4.69) is 4.74 Å². The van der Waals surface area contributed by atoms with Crippen molar-refractivity contribution in [1.82, 2.24) is 0 Å². The fourth-order valence-electron chi connectivity index (χ4n) is 1.38. The number of hydrogen-bond acceptors (Lipinski definition) is 4. The molecule has 1 rings (SSSR count). The van der Waals surface area contributed by atoms with Gasteiger partial charge in [0.1, 0.15) is 17.7 Å². The number of nitriles is 2. The standard InChI is InChI=1S/C13H10F2N2O2/c1-2-18-11-5-3-4-10(6-9(7-16)8-17)12(11)19-13(14)15/h3-6,13H,2H2,1H3. The average Bonchev–Trinajstić information content (AvgIpc) is 2.39. The molecule has 0 atom stereocenters. The number of alkyl halides is 2. The van der Waals surface area contributed by atoms with Crippen LogP contribution in [0.5, 0.6) is 11.5 Å². The number of nitrogens with zero attached hydrogens (tertiary/aromatic N) is 2. The van der Waals surface area contributed by atoms with E-state index >= 15 is 0 Å². The maximum atomic E-state index is 12.4. The van der Waals surface area contributed by atoms with Gasteiger partial charge in [-0.2, -0.15) is 19.3 Å². The van der Waals surface area contributed by atoms with Crippen molar-refractivity contribution in [3.05, 3.63) is 29.3 Å². The molecule has 98 valence electrons.